The van der Waals surface area contributed by atoms with Crippen LogP contribution in [0.4, 0.5) is 0 Å². The van der Waals surface area contributed by atoms with E-state index in [4.69, 9.17) is 0 Å². The average molecular weight is 237 g/mol. The van der Waals surface area contributed by atoms with Crippen LogP contribution in [0.3, 0.4) is 0 Å². The SMILES string of the molecule is CCSc1ccccc1/C=[N+](\[O-])C(C)(C)C. The lowest BCUT2D eigenvalue weighted by molar-refractivity contribution is -0.530. The summed E-state index contributed by atoms with van der Waals surface area (Å²) in [6.45, 7) is 7.84. The highest BCUT2D eigenvalue weighted by Gasteiger charge is 2.18. The van der Waals surface area contributed by atoms with Crippen molar-refractivity contribution in [2.45, 2.75) is 38.1 Å². The molecule has 0 fully saturated rings. The first-order chi connectivity index (χ1) is 7.45. The van der Waals surface area contributed by atoms with Gasteiger partial charge in [0.05, 0.1) is 5.56 Å². The van der Waals surface area contributed by atoms with Crippen LogP contribution in [-0.2, 0) is 0 Å². The van der Waals surface area contributed by atoms with E-state index in [-0.39, 0.29) is 5.54 Å². The molecule has 1 aromatic carbocycles. The minimum absolute atomic E-state index is 0.385. The topological polar surface area (TPSA) is 26.1 Å². The van der Waals surface area contributed by atoms with Crippen molar-refractivity contribution >= 4 is 18.0 Å². The van der Waals surface area contributed by atoms with Crippen LogP contribution in [0.2, 0.25) is 0 Å². The third-order valence-electron chi connectivity index (χ3n) is 2.14. The maximum atomic E-state index is 11.8. The van der Waals surface area contributed by atoms with Crippen LogP contribution in [0, 0.1) is 5.21 Å². The van der Waals surface area contributed by atoms with Crippen molar-refractivity contribution in [2.75, 3.05) is 5.75 Å². The quantitative estimate of drug-likeness (QED) is 0.264. The smallest absolute Gasteiger partial charge is 0.183 e. The molecule has 16 heavy (non-hydrogen) atoms. The maximum Gasteiger partial charge on any atom is 0.183 e. The highest BCUT2D eigenvalue weighted by Crippen LogP contribution is 2.21. The number of thioether (sulfide) groups is 1. The Morgan fingerprint density at radius 2 is 1.94 bits per heavy atom. The number of hydroxylamine groups is 1. The zero-order valence-electron chi connectivity index (χ0n) is 10.4. The fourth-order valence-corrected chi connectivity index (χ4v) is 1.97. The molecular formula is C13H19NOS. The molecule has 0 aliphatic heterocycles. The van der Waals surface area contributed by atoms with Gasteiger partial charge in [-0.15, -0.1) is 11.8 Å². The molecule has 1 rings (SSSR count). The molecule has 0 atom stereocenters. The van der Waals surface area contributed by atoms with Crippen LogP contribution < -0.4 is 0 Å². The third-order valence-corrected chi connectivity index (χ3v) is 3.11. The minimum Gasteiger partial charge on any atom is -0.623 e. The molecule has 0 aliphatic carbocycles. The van der Waals surface area contributed by atoms with E-state index in [1.54, 1.807) is 18.0 Å². The van der Waals surface area contributed by atoms with Crippen molar-refractivity contribution in [2.24, 2.45) is 0 Å². The summed E-state index contributed by atoms with van der Waals surface area (Å²) in [6, 6.07) is 7.99. The molecule has 1 aromatic rings. The van der Waals surface area contributed by atoms with Gasteiger partial charge in [-0.25, -0.2) is 4.74 Å². The Hall–Kier alpha value is -0.960. The van der Waals surface area contributed by atoms with E-state index in [9.17, 15) is 5.21 Å². The van der Waals surface area contributed by atoms with Crippen LogP contribution in [-0.4, -0.2) is 22.2 Å². The molecule has 0 N–H and O–H groups in total. The molecule has 3 heteroatoms. The largest absolute Gasteiger partial charge is 0.623 e. The standard InChI is InChI=1S/C13H19NOS/c1-5-16-12-9-7-6-8-11(12)10-14(15)13(2,3)4/h6-10H,5H2,1-4H3/b14-10-. The number of rotatable bonds is 3. The Labute approximate surface area is 102 Å². The summed E-state index contributed by atoms with van der Waals surface area (Å²) in [5, 5.41) is 11.8. The van der Waals surface area contributed by atoms with Gasteiger partial charge in [0, 0.05) is 25.7 Å². The number of hydrogen-bond acceptors (Lipinski definition) is 2. The fraction of sp³-hybridized carbons (Fsp3) is 0.462. The van der Waals surface area contributed by atoms with Crippen molar-refractivity contribution in [1.29, 1.82) is 0 Å². The second-order valence-corrected chi connectivity index (χ2v) is 5.90. The second-order valence-electron chi connectivity index (χ2n) is 4.60. The van der Waals surface area contributed by atoms with Gasteiger partial charge in [0.15, 0.2) is 11.8 Å². The second kappa shape index (κ2) is 5.39. The van der Waals surface area contributed by atoms with E-state index in [1.807, 2.05) is 39.0 Å². The zero-order valence-corrected chi connectivity index (χ0v) is 11.2. The highest BCUT2D eigenvalue weighted by molar-refractivity contribution is 7.99. The molecule has 0 aromatic heterocycles. The molecular weight excluding hydrogens is 218 g/mol. The van der Waals surface area contributed by atoms with Crippen molar-refractivity contribution in [3.05, 3.63) is 35.0 Å². The van der Waals surface area contributed by atoms with Crippen molar-refractivity contribution < 1.29 is 4.74 Å². The lowest BCUT2D eigenvalue weighted by Gasteiger charge is -2.19. The summed E-state index contributed by atoms with van der Waals surface area (Å²) in [5.74, 6) is 1.01. The van der Waals surface area contributed by atoms with Gasteiger partial charge in [-0.3, -0.25) is 0 Å². The summed E-state index contributed by atoms with van der Waals surface area (Å²) in [6.07, 6.45) is 1.68. The molecule has 0 saturated heterocycles. The van der Waals surface area contributed by atoms with Crippen LogP contribution >= 0.6 is 11.8 Å². The number of benzene rings is 1. The Morgan fingerprint density at radius 3 is 2.50 bits per heavy atom. The van der Waals surface area contributed by atoms with Gasteiger partial charge >= 0.3 is 0 Å². The van der Waals surface area contributed by atoms with E-state index in [2.05, 4.69) is 13.0 Å². The number of nitrogens with zero attached hydrogens (tertiary/aromatic N) is 1. The summed E-state index contributed by atoms with van der Waals surface area (Å²) in [4.78, 5) is 1.16. The normalized spacial score (nSPS) is 12.9. The molecule has 88 valence electrons. The van der Waals surface area contributed by atoms with Gasteiger partial charge in [-0.05, 0) is 17.9 Å². The molecule has 0 saturated carbocycles. The van der Waals surface area contributed by atoms with Crippen LogP contribution in [0.5, 0.6) is 0 Å². The lowest BCUT2D eigenvalue weighted by Crippen LogP contribution is -2.29. The van der Waals surface area contributed by atoms with Crippen LogP contribution in [0.15, 0.2) is 29.2 Å². The van der Waals surface area contributed by atoms with Crippen LogP contribution in [0.25, 0.3) is 0 Å². The monoisotopic (exact) mass is 237 g/mol. The van der Waals surface area contributed by atoms with Gasteiger partial charge in [0.2, 0.25) is 0 Å². The van der Waals surface area contributed by atoms with E-state index in [1.165, 1.54) is 0 Å². The van der Waals surface area contributed by atoms with Crippen molar-refractivity contribution in [3.8, 4) is 0 Å². The van der Waals surface area contributed by atoms with E-state index in [0.717, 1.165) is 21.0 Å². The lowest BCUT2D eigenvalue weighted by atomic mass is 10.1. The highest BCUT2D eigenvalue weighted by atomic mass is 32.2. The van der Waals surface area contributed by atoms with Gasteiger partial charge in [-0.2, -0.15) is 0 Å². The van der Waals surface area contributed by atoms with Crippen molar-refractivity contribution in [3.63, 3.8) is 0 Å². The summed E-state index contributed by atoms with van der Waals surface area (Å²) in [7, 11) is 0. The van der Waals surface area contributed by atoms with E-state index >= 15 is 0 Å². The molecule has 2 nitrogen and oxygen atoms in total. The van der Waals surface area contributed by atoms with Gasteiger partial charge in [-0.1, -0.05) is 19.1 Å². The number of hydrogen-bond donors (Lipinski definition) is 0. The molecule has 0 spiro atoms. The Bertz CT molecular complexity index is 380. The Morgan fingerprint density at radius 1 is 1.31 bits per heavy atom. The Balaban J connectivity index is 3.05. The molecule has 0 unspecified atom stereocenters. The Kier molecular flexibility index (Phi) is 4.42. The summed E-state index contributed by atoms with van der Waals surface area (Å²) >= 11 is 1.76. The third kappa shape index (κ3) is 3.56. The average Bonchev–Trinajstić information content (AvgIpc) is 2.20. The summed E-state index contributed by atoms with van der Waals surface area (Å²) < 4.78 is 1.02. The zero-order chi connectivity index (χ0) is 12.2. The first-order valence-electron chi connectivity index (χ1n) is 5.48. The molecule has 0 heterocycles. The first kappa shape index (κ1) is 13.1. The predicted octanol–water partition coefficient (Wildman–Crippen LogP) is 3.53. The molecule has 0 aliphatic rings. The summed E-state index contributed by atoms with van der Waals surface area (Å²) in [5.41, 5.74) is 0.614. The minimum atomic E-state index is -0.385. The fourth-order valence-electron chi connectivity index (χ4n) is 1.19. The van der Waals surface area contributed by atoms with E-state index in [0.29, 0.717) is 0 Å². The maximum absolute atomic E-state index is 11.8. The van der Waals surface area contributed by atoms with Crippen molar-refractivity contribution in [1.82, 2.24) is 0 Å². The van der Waals surface area contributed by atoms with Gasteiger partial charge in [0.25, 0.3) is 0 Å². The van der Waals surface area contributed by atoms with Crippen LogP contribution in [0.1, 0.15) is 33.3 Å². The van der Waals surface area contributed by atoms with Gasteiger partial charge < -0.3 is 5.21 Å². The first-order valence-corrected chi connectivity index (χ1v) is 6.47. The molecule has 0 amide bonds. The molecule has 0 bridgehead atoms. The predicted molar refractivity (Wildman–Crippen MR) is 71.4 cm³/mol. The van der Waals surface area contributed by atoms with Gasteiger partial charge in [0.1, 0.15) is 0 Å². The van der Waals surface area contributed by atoms with E-state index < -0.39 is 0 Å². The molecule has 0 radical (unpaired) electrons.